The third kappa shape index (κ3) is 8.46. The van der Waals surface area contributed by atoms with Gasteiger partial charge in [0.15, 0.2) is 0 Å². The van der Waals surface area contributed by atoms with Gasteiger partial charge in [-0.25, -0.2) is 0 Å². The van der Waals surface area contributed by atoms with Gasteiger partial charge < -0.3 is 0 Å². The quantitative estimate of drug-likeness (QED) is 0.561. The minimum atomic E-state index is 0.278. The number of hydrogen-bond donors (Lipinski definition) is 0. The van der Waals surface area contributed by atoms with Gasteiger partial charge in [-0.05, 0) is 0 Å². The molecule has 0 fully saturated rings. The van der Waals surface area contributed by atoms with E-state index >= 15 is 0 Å². The summed E-state index contributed by atoms with van der Waals surface area (Å²) in [5, 5.41) is 2.64. The van der Waals surface area contributed by atoms with Crippen LogP contribution in [0.15, 0.2) is 0 Å². The topological polar surface area (TPSA) is 6.48 Å². The molecule has 3 heteroatoms. The zero-order valence-corrected chi connectivity index (χ0v) is 8.91. The molecule has 2 nitrogen and oxygen atoms in total. The van der Waals surface area contributed by atoms with Crippen LogP contribution < -0.4 is 0 Å². The summed E-state index contributed by atoms with van der Waals surface area (Å²) >= 11 is 0.278. The first kappa shape index (κ1) is 9.46. The molecule has 0 atom stereocenters. The van der Waals surface area contributed by atoms with Gasteiger partial charge in [0.05, 0.1) is 0 Å². The average Bonchev–Trinajstić information content (AvgIpc) is 1.63. The number of hydrogen-bond acceptors (Lipinski definition) is 2. The Hall–Kier alpha value is 0.463. The number of nitrogens with zero attached hydrogens (tertiary/aromatic N) is 2. The fourth-order valence-corrected chi connectivity index (χ4v) is 2.58. The monoisotopic (exact) mass is 190 g/mol. The third-order valence-corrected chi connectivity index (χ3v) is 4.45. The molecular formula is C6H16GeN2. The van der Waals surface area contributed by atoms with Gasteiger partial charge in [0.2, 0.25) is 0 Å². The van der Waals surface area contributed by atoms with Gasteiger partial charge in [-0.2, -0.15) is 0 Å². The van der Waals surface area contributed by atoms with E-state index in [1.165, 1.54) is 10.8 Å². The molecule has 0 saturated carbocycles. The van der Waals surface area contributed by atoms with Crippen molar-refractivity contribution in [1.29, 1.82) is 0 Å². The zero-order valence-electron chi connectivity index (χ0n) is 6.81. The van der Waals surface area contributed by atoms with Crippen molar-refractivity contribution in [2.75, 3.05) is 38.9 Å². The van der Waals surface area contributed by atoms with Crippen LogP contribution in [0.3, 0.4) is 0 Å². The van der Waals surface area contributed by atoms with Gasteiger partial charge in [0.1, 0.15) is 0 Å². The van der Waals surface area contributed by atoms with Crippen LogP contribution in [0, 0.1) is 0 Å². The van der Waals surface area contributed by atoms with Crippen LogP contribution in [0.25, 0.3) is 0 Å². The Balaban J connectivity index is 2.91. The van der Waals surface area contributed by atoms with Crippen molar-refractivity contribution in [2.24, 2.45) is 0 Å². The van der Waals surface area contributed by atoms with Crippen LogP contribution >= 0.6 is 0 Å². The molecule has 0 aliphatic carbocycles. The van der Waals surface area contributed by atoms with E-state index in [1.807, 2.05) is 0 Å². The molecular weight excluding hydrogens is 173 g/mol. The molecule has 0 N–H and O–H groups in total. The Morgan fingerprint density at radius 1 is 0.889 bits per heavy atom. The normalized spacial score (nSPS) is 11.3. The van der Waals surface area contributed by atoms with E-state index in [-0.39, 0.29) is 15.4 Å². The van der Waals surface area contributed by atoms with E-state index < -0.39 is 0 Å². The van der Waals surface area contributed by atoms with E-state index in [0.717, 1.165) is 0 Å². The molecule has 0 heterocycles. The Labute approximate surface area is 64.7 Å². The third-order valence-electron chi connectivity index (χ3n) is 0.856. The second-order valence-corrected chi connectivity index (χ2v) is 5.10. The molecule has 0 bridgehead atoms. The zero-order chi connectivity index (χ0) is 7.28. The molecule has 0 spiro atoms. The molecule has 0 unspecified atom stereocenters. The average molecular weight is 189 g/mol. The van der Waals surface area contributed by atoms with Crippen LogP contribution in [0.5, 0.6) is 0 Å². The minimum absolute atomic E-state index is 0.278. The van der Waals surface area contributed by atoms with Gasteiger partial charge in [-0.3, -0.25) is 0 Å². The van der Waals surface area contributed by atoms with Gasteiger partial charge in [-0.1, -0.05) is 0 Å². The summed E-state index contributed by atoms with van der Waals surface area (Å²) in [5.74, 6) is 0. The second-order valence-electron chi connectivity index (χ2n) is 2.73. The predicted molar refractivity (Wildman–Crippen MR) is 42.9 cm³/mol. The molecule has 0 amide bonds. The molecule has 0 aliphatic rings. The van der Waals surface area contributed by atoms with Crippen molar-refractivity contribution in [3.8, 4) is 0 Å². The van der Waals surface area contributed by atoms with Gasteiger partial charge in [-0.15, -0.1) is 0 Å². The van der Waals surface area contributed by atoms with Crippen molar-refractivity contribution in [3.63, 3.8) is 0 Å². The van der Waals surface area contributed by atoms with Crippen molar-refractivity contribution in [3.05, 3.63) is 0 Å². The first-order valence-corrected chi connectivity index (χ1v) is 6.10. The van der Waals surface area contributed by atoms with Crippen molar-refractivity contribution in [2.45, 2.75) is 0 Å². The van der Waals surface area contributed by atoms with E-state index in [2.05, 4.69) is 38.0 Å². The molecule has 0 saturated heterocycles. The summed E-state index contributed by atoms with van der Waals surface area (Å²) in [5.41, 5.74) is 0. The SMILES string of the molecule is CN(C)[CH2][Ge][CH2]N(C)C. The summed E-state index contributed by atoms with van der Waals surface area (Å²) in [6.07, 6.45) is 0. The van der Waals surface area contributed by atoms with Crippen molar-refractivity contribution in [1.82, 2.24) is 9.80 Å². The molecule has 0 aromatic rings. The first-order chi connectivity index (χ1) is 4.13. The van der Waals surface area contributed by atoms with Crippen LogP contribution in [-0.4, -0.2) is 64.2 Å². The fraction of sp³-hybridized carbons (Fsp3) is 1.00. The van der Waals surface area contributed by atoms with Crippen LogP contribution in [0.1, 0.15) is 0 Å². The maximum atomic E-state index is 2.27. The van der Waals surface area contributed by atoms with Gasteiger partial charge >= 0.3 is 64.2 Å². The Morgan fingerprint density at radius 2 is 1.22 bits per heavy atom. The standard InChI is InChI=1S/C6H16GeN2/c1-8(2)5-7-6-9(3)4/h5-6H2,1-4H3. The van der Waals surface area contributed by atoms with E-state index in [1.54, 1.807) is 0 Å². The molecule has 54 valence electrons. The summed E-state index contributed by atoms with van der Waals surface area (Å²) in [4.78, 5) is 4.53. The van der Waals surface area contributed by atoms with Crippen molar-refractivity contribution >= 4 is 15.4 Å². The van der Waals surface area contributed by atoms with Gasteiger partial charge in [0.25, 0.3) is 0 Å². The summed E-state index contributed by atoms with van der Waals surface area (Å²) in [7, 11) is 8.55. The van der Waals surface area contributed by atoms with E-state index in [9.17, 15) is 0 Å². The maximum absolute atomic E-state index is 2.27. The van der Waals surface area contributed by atoms with Crippen LogP contribution in [0.2, 0.25) is 0 Å². The molecule has 0 aromatic carbocycles. The molecule has 0 aromatic heterocycles. The number of rotatable bonds is 4. The Morgan fingerprint density at radius 3 is 1.44 bits per heavy atom. The molecule has 0 aliphatic heterocycles. The summed E-state index contributed by atoms with van der Waals surface area (Å²) < 4.78 is 0. The summed E-state index contributed by atoms with van der Waals surface area (Å²) in [6.45, 7) is 0. The van der Waals surface area contributed by atoms with E-state index in [4.69, 9.17) is 0 Å². The Bertz CT molecular complexity index is 56.1. The molecule has 0 rings (SSSR count). The first-order valence-electron chi connectivity index (χ1n) is 3.13. The second kappa shape index (κ2) is 5.26. The predicted octanol–water partition coefficient (Wildman–Crippen LogP) is -0.271. The molecule has 2 radical (unpaired) electrons. The molecule has 9 heavy (non-hydrogen) atoms. The van der Waals surface area contributed by atoms with Gasteiger partial charge in [0, 0.05) is 0 Å². The van der Waals surface area contributed by atoms with Crippen LogP contribution in [-0.2, 0) is 0 Å². The van der Waals surface area contributed by atoms with E-state index in [0.29, 0.717) is 0 Å². The fourth-order valence-electron chi connectivity index (χ4n) is 0.497. The van der Waals surface area contributed by atoms with Crippen LogP contribution in [0.4, 0.5) is 0 Å². The Kier molecular flexibility index (Phi) is 5.53. The summed E-state index contributed by atoms with van der Waals surface area (Å²) in [6, 6.07) is 0. The van der Waals surface area contributed by atoms with Crippen molar-refractivity contribution < 1.29 is 0 Å².